The molecule has 0 saturated heterocycles. The van der Waals surface area contributed by atoms with Crippen LogP contribution >= 0.6 is 0 Å². The number of hydrogen-bond acceptors (Lipinski definition) is 9. The van der Waals surface area contributed by atoms with Crippen molar-refractivity contribution in [3.8, 4) is 28.8 Å². The molecule has 0 saturated carbocycles. The normalized spacial score (nSPS) is 10.5. The minimum absolute atomic E-state index is 0.126. The summed E-state index contributed by atoms with van der Waals surface area (Å²) in [6.45, 7) is 0.660. The Balaban J connectivity index is 1.66. The maximum absolute atomic E-state index is 10.8. The third-order valence-electron chi connectivity index (χ3n) is 4.26. The number of aromatic nitrogens is 3. The van der Waals surface area contributed by atoms with Crippen molar-refractivity contribution in [2.75, 3.05) is 26.6 Å². The van der Waals surface area contributed by atoms with Gasteiger partial charge < -0.3 is 30.4 Å². The average molecular weight is 425 g/mol. The number of hydrogen-bond donors (Lipinski definition) is 2. The standard InChI is InChI=1S/C21H23N5O5/c1-28-15-10-24-20(25-11-15)16-8-13(9-17(22)19(16)29-2)6-7-30-12-14-4-3-5-18(26-14)31-21(23)27/h3-5,8-11H,6-7,12,22H2,1-2H3,(H2,23,27). The number of pyridine rings is 1. The predicted molar refractivity (Wildman–Crippen MR) is 113 cm³/mol. The zero-order chi connectivity index (χ0) is 22.2. The molecule has 3 rings (SSSR count). The summed E-state index contributed by atoms with van der Waals surface area (Å²) in [5.74, 6) is 1.66. The summed E-state index contributed by atoms with van der Waals surface area (Å²) in [7, 11) is 3.10. The van der Waals surface area contributed by atoms with Crippen molar-refractivity contribution in [1.29, 1.82) is 0 Å². The summed E-state index contributed by atoms with van der Waals surface area (Å²) in [4.78, 5) is 23.6. The van der Waals surface area contributed by atoms with Gasteiger partial charge in [0.05, 0.1) is 56.8 Å². The molecule has 3 aromatic rings. The molecule has 0 bridgehead atoms. The average Bonchev–Trinajstić information content (AvgIpc) is 2.76. The van der Waals surface area contributed by atoms with E-state index in [-0.39, 0.29) is 12.5 Å². The number of anilines is 1. The van der Waals surface area contributed by atoms with Crippen molar-refractivity contribution in [3.05, 3.63) is 54.0 Å². The molecule has 0 atom stereocenters. The molecule has 10 nitrogen and oxygen atoms in total. The number of ether oxygens (including phenoxy) is 4. The van der Waals surface area contributed by atoms with Crippen LogP contribution in [-0.2, 0) is 17.8 Å². The quantitative estimate of drug-likeness (QED) is 0.390. The van der Waals surface area contributed by atoms with Gasteiger partial charge in [-0.05, 0) is 30.2 Å². The van der Waals surface area contributed by atoms with Crippen molar-refractivity contribution in [3.63, 3.8) is 0 Å². The van der Waals surface area contributed by atoms with Gasteiger partial charge in [-0.1, -0.05) is 6.07 Å². The molecule has 0 radical (unpaired) electrons. The number of nitrogens with zero attached hydrogens (tertiary/aromatic N) is 3. The third kappa shape index (κ3) is 5.80. The first-order chi connectivity index (χ1) is 15.0. The first kappa shape index (κ1) is 21.8. The zero-order valence-corrected chi connectivity index (χ0v) is 17.2. The molecule has 4 N–H and O–H groups in total. The third-order valence-corrected chi connectivity index (χ3v) is 4.26. The Kier molecular flexibility index (Phi) is 7.17. The topological polar surface area (TPSA) is 145 Å². The fraction of sp³-hybridized carbons (Fsp3) is 0.238. The minimum Gasteiger partial charge on any atom is -0.494 e. The molecule has 1 amide bonds. The molecule has 0 spiro atoms. The number of benzene rings is 1. The number of nitrogens with two attached hydrogens (primary N) is 2. The highest BCUT2D eigenvalue weighted by atomic mass is 16.6. The fourth-order valence-corrected chi connectivity index (χ4v) is 2.88. The van der Waals surface area contributed by atoms with E-state index >= 15 is 0 Å². The van der Waals surface area contributed by atoms with Gasteiger partial charge in [0, 0.05) is 6.07 Å². The number of primary amides is 1. The fourth-order valence-electron chi connectivity index (χ4n) is 2.88. The maximum atomic E-state index is 10.8. The number of carbonyl (C=O) groups excluding carboxylic acids is 1. The van der Waals surface area contributed by atoms with E-state index in [1.165, 1.54) is 6.07 Å². The Hall–Kier alpha value is -3.92. The second kappa shape index (κ2) is 10.2. The lowest BCUT2D eigenvalue weighted by Crippen LogP contribution is -2.17. The molecule has 0 aliphatic rings. The summed E-state index contributed by atoms with van der Waals surface area (Å²) < 4.78 is 21.0. The highest BCUT2D eigenvalue weighted by Crippen LogP contribution is 2.34. The molecule has 1 aromatic carbocycles. The van der Waals surface area contributed by atoms with E-state index < -0.39 is 6.09 Å². The Labute approximate surface area is 179 Å². The lowest BCUT2D eigenvalue weighted by molar-refractivity contribution is 0.120. The molecule has 10 heteroatoms. The summed E-state index contributed by atoms with van der Waals surface area (Å²) in [5, 5.41) is 0. The molecular formula is C21H23N5O5. The van der Waals surface area contributed by atoms with Crippen LogP contribution in [0, 0.1) is 0 Å². The number of nitrogen functional groups attached to an aromatic ring is 1. The van der Waals surface area contributed by atoms with Gasteiger partial charge in [0.1, 0.15) is 0 Å². The molecule has 0 unspecified atom stereocenters. The lowest BCUT2D eigenvalue weighted by Gasteiger charge is -2.13. The van der Waals surface area contributed by atoms with Crippen LogP contribution in [-0.4, -0.2) is 41.9 Å². The van der Waals surface area contributed by atoms with E-state index in [0.717, 1.165) is 5.56 Å². The van der Waals surface area contributed by atoms with E-state index in [0.29, 0.717) is 47.3 Å². The number of amides is 1. The number of methoxy groups -OCH3 is 2. The maximum Gasteiger partial charge on any atom is 0.411 e. The van der Waals surface area contributed by atoms with Gasteiger partial charge >= 0.3 is 6.09 Å². The monoisotopic (exact) mass is 425 g/mol. The first-order valence-electron chi connectivity index (χ1n) is 9.34. The van der Waals surface area contributed by atoms with Gasteiger partial charge in [-0.15, -0.1) is 0 Å². The predicted octanol–water partition coefficient (Wildman–Crippen LogP) is 2.35. The van der Waals surface area contributed by atoms with Crippen molar-refractivity contribution in [1.82, 2.24) is 15.0 Å². The van der Waals surface area contributed by atoms with Gasteiger partial charge in [-0.25, -0.2) is 19.7 Å². The van der Waals surface area contributed by atoms with Crippen LogP contribution in [0.15, 0.2) is 42.7 Å². The van der Waals surface area contributed by atoms with Crippen LogP contribution < -0.4 is 25.7 Å². The van der Waals surface area contributed by atoms with Gasteiger partial charge in [-0.3, -0.25) is 0 Å². The molecule has 2 heterocycles. The highest BCUT2D eigenvalue weighted by Gasteiger charge is 2.14. The van der Waals surface area contributed by atoms with E-state index in [9.17, 15) is 4.79 Å². The van der Waals surface area contributed by atoms with Crippen molar-refractivity contribution >= 4 is 11.8 Å². The summed E-state index contributed by atoms with van der Waals surface area (Å²) >= 11 is 0. The molecule has 0 aliphatic heterocycles. The van der Waals surface area contributed by atoms with E-state index in [4.69, 9.17) is 30.4 Å². The smallest absolute Gasteiger partial charge is 0.411 e. The second-order valence-corrected chi connectivity index (χ2v) is 6.40. The molecular weight excluding hydrogens is 402 g/mol. The summed E-state index contributed by atoms with van der Waals surface area (Å²) in [6.07, 6.45) is 2.84. The molecule has 162 valence electrons. The minimum atomic E-state index is -0.917. The van der Waals surface area contributed by atoms with E-state index in [1.807, 2.05) is 12.1 Å². The Morgan fingerprint density at radius 2 is 1.87 bits per heavy atom. The van der Waals surface area contributed by atoms with E-state index in [2.05, 4.69) is 15.0 Å². The van der Waals surface area contributed by atoms with Crippen LogP contribution in [0.2, 0.25) is 0 Å². The molecule has 31 heavy (non-hydrogen) atoms. The molecule has 2 aromatic heterocycles. The first-order valence-corrected chi connectivity index (χ1v) is 9.34. The lowest BCUT2D eigenvalue weighted by atomic mass is 10.0. The van der Waals surface area contributed by atoms with Gasteiger partial charge in [0.2, 0.25) is 5.88 Å². The number of rotatable bonds is 9. The van der Waals surface area contributed by atoms with Gasteiger partial charge in [0.25, 0.3) is 0 Å². The second-order valence-electron chi connectivity index (χ2n) is 6.40. The van der Waals surface area contributed by atoms with Crippen molar-refractivity contribution in [2.24, 2.45) is 5.73 Å². The molecule has 0 fully saturated rings. The van der Waals surface area contributed by atoms with Gasteiger partial charge in [0.15, 0.2) is 17.3 Å². The highest BCUT2D eigenvalue weighted by molar-refractivity contribution is 5.74. The molecule has 0 aliphatic carbocycles. The zero-order valence-electron chi connectivity index (χ0n) is 17.2. The Bertz CT molecular complexity index is 1040. The summed E-state index contributed by atoms with van der Waals surface area (Å²) in [6, 6.07) is 8.75. The van der Waals surface area contributed by atoms with Crippen LogP contribution in [0.25, 0.3) is 11.4 Å². The Morgan fingerprint density at radius 1 is 1.10 bits per heavy atom. The number of carbonyl (C=O) groups is 1. The van der Waals surface area contributed by atoms with Crippen LogP contribution in [0.5, 0.6) is 17.4 Å². The van der Waals surface area contributed by atoms with E-state index in [1.54, 1.807) is 38.7 Å². The van der Waals surface area contributed by atoms with Crippen LogP contribution in [0.4, 0.5) is 10.5 Å². The van der Waals surface area contributed by atoms with Crippen molar-refractivity contribution in [2.45, 2.75) is 13.0 Å². The SMILES string of the molecule is COc1cnc(-c2cc(CCOCc3cccc(OC(N)=O)n3)cc(N)c2OC)nc1. The van der Waals surface area contributed by atoms with Crippen LogP contribution in [0.3, 0.4) is 0 Å². The van der Waals surface area contributed by atoms with Crippen molar-refractivity contribution < 1.29 is 23.7 Å². The largest absolute Gasteiger partial charge is 0.494 e. The Morgan fingerprint density at radius 3 is 2.55 bits per heavy atom. The summed E-state index contributed by atoms with van der Waals surface area (Å²) in [5.41, 5.74) is 13.9. The van der Waals surface area contributed by atoms with Gasteiger partial charge in [-0.2, -0.15) is 0 Å². The van der Waals surface area contributed by atoms with Crippen LogP contribution in [0.1, 0.15) is 11.3 Å².